The van der Waals surface area contributed by atoms with Gasteiger partial charge in [0.25, 0.3) is 0 Å². The smallest absolute Gasteiger partial charge is 0.236 e. The second-order valence-corrected chi connectivity index (χ2v) is 7.87. The molecule has 0 aromatic heterocycles. The van der Waals surface area contributed by atoms with E-state index in [1.165, 1.54) is 0 Å². The molecule has 9 heteroatoms. The predicted molar refractivity (Wildman–Crippen MR) is 124 cm³/mol. The Labute approximate surface area is 191 Å². The Balaban J connectivity index is 1.39. The number of benzene rings is 1. The molecule has 0 saturated carbocycles. The lowest BCUT2D eigenvalue weighted by Gasteiger charge is -2.37. The van der Waals surface area contributed by atoms with E-state index in [0.717, 1.165) is 56.6 Å². The van der Waals surface area contributed by atoms with Crippen LogP contribution in [0.4, 0.5) is 0 Å². The first kappa shape index (κ1) is 24.1. The highest BCUT2D eigenvalue weighted by molar-refractivity contribution is 5.80. The fraction of sp³-hybridized carbons (Fsp3) is 0.652. The van der Waals surface area contributed by atoms with Gasteiger partial charge in [0.15, 0.2) is 5.96 Å². The summed E-state index contributed by atoms with van der Waals surface area (Å²) in [5.41, 5.74) is 0. The molecule has 2 aliphatic rings. The van der Waals surface area contributed by atoms with Crippen LogP contribution in [-0.2, 0) is 9.53 Å². The standard InChI is InChI=1S/C23H37N5O4/c1-3-24-23(25-8-5-15-32-21-7-4-6-20(18-21)30-2)28-11-9-26(10-12-28)19-22(29)27-13-16-31-17-14-27/h4,6-7,18H,3,5,8-17,19H2,1-2H3,(H,24,25). The van der Waals surface area contributed by atoms with Crippen molar-refractivity contribution < 1.29 is 19.0 Å². The van der Waals surface area contributed by atoms with Crippen LogP contribution in [0.3, 0.4) is 0 Å². The molecule has 0 atom stereocenters. The molecule has 2 fully saturated rings. The van der Waals surface area contributed by atoms with Crippen molar-refractivity contribution in [3.05, 3.63) is 24.3 Å². The maximum Gasteiger partial charge on any atom is 0.236 e. The van der Waals surface area contributed by atoms with Crippen molar-refractivity contribution >= 4 is 11.9 Å². The quantitative estimate of drug-likeness (QED) is 0.342. The zero-order valence-corrected chi connectivity index (χ0v) is 19.4. The van der Waals surface area contributed by atoms with Gasteiger partial charge in [0.05, 0.1) is 33.5 Å². The Morgan fingerprint density at radius 1 is 1.09 bits per heavy atom. The molecule has 1 N–H and O–H groups in total. The highest BCUT2D eigenvalue weighted by atomic mass is 16.5. The molecule has 2 aliphatic heterocycles. The van der Waals surface area contributed by atoms with Crippen LogP contribution in [0.15, 0.2) is 29.3 Å². The molecular weight excluding hydrogens is 410 g/mol. The first-order valence-corrected chi connectivity index (χ1v) is 11.6. The molecule has 2 saturated heterocycles. The average molecular weight is 448 g/mol. The Hall–Kier alpha value is -2.52. The number of amides is 1. The Morgan fingerprint density at radius 2 is 1.84 bits per heavy atom. The number of rotatable bonds is 9. The van der Waals surface area contributed by atoms with E-state index in [9.17, 15) is 4.79 Å². The minimum Gasteiger partial charge on any atom is -0.497 e. The average Bonchev–Trinajstić information content (AvgIpc) is 2.84. The molecule has 0 bridgehead atoms. The summed E-state index contributed by atoms with van der Waals surface area (Å²) < 4.78 is 16.4. The van der Waals surface area contributed by atoms with Crippen LogP contribution in [-0.4, -0.2) is 112 Å². The van der Waals surface area contributed by atoms with Gasteiger partial charge in [-0.05, 0) is 19.1 Å². The normalized spacial score (nSPS) is 17.9. The van der Waals surface area contributed by atoms with Gasteiger partial charge in [0.1, 0.15) is 11.5 Å². The summed E-state index contributed by atoms with van der Waals surface area (Å²) in [7, 11) is 1.65. The molecule has 0 unspecified atom stereocenters. The Morgan fingerprint density at radius 3 is 2.56 bits per heavy atom. The minimum absolute atomic E-state index is 0.207. The van der Waals surface area contributed by atoms with Gasteiger partial charge in [-0.3, -0.25) is 14.7 Å². The zero-order chi connectivity index (χ0) is 22.6. The zero-order valence-electron chi connectivity index (χ0n) is 19.4. The van der Waals surface area contributed by atoms with Crippen molar-refractivity contribution in [3.63, 3.8) is 0 Å². The van der Waals surface area contributed by atoms with Gasteiger partial charge in [0.2, 0.25) is 5.91 Å². The summed E-state index contributed by atoms with van der Waals surface area (Å²) in [5.74, 6) is 2.75. The van der Waals surface area contributed by atoms with Crippen molar-refractivity contribution in [2.24, 2.45) is 4.99 Å². The third-order valence-corrected chi connectivity index (χ3v) is 5.60. The van der Waals surface area contributed by atoms with Crippen molar-refractivity contribution in [2.75, 3.05) is 85.8 Å². The molecule has 9 nitrogen and oxygen atoms in total. The number of methoxy groups -OCH3 is 1. The monoisotopic (exact) mass is 447 g/mol. The van der Waals surface area contributed by atoms with Crippen molar-refractivity contribution in [1.82, 2.24) is 20.0 Å². The van der Waals surface area contributed by atoms with Gasteiger partial charge in [-0.1, -0.05) is 6.07 Å². The number of aliphatic imine (C=N–C) groups is 1. The van der Waals surface area contributed by atoms with E-state index in [4.69, 9.17) is 19.2 Å². The van der Waals surface area contributed by atoms with Crippen molar-refractivity contribution in [3.8, 4) is 11.5 Å². The number of ether oxygens (including phenoxy) is 3. The Bertz CT molecular complexity index is 731. The number of guanidine groups is 1. The van der Waals surface area contributed by atoms with E-state index in [1.807, 2.05) is 29.2 Å². The first-order valence-electron chi connectivity index (χ1n) is 11.6. The van der Waals surface area contributed by atoms with E-state index in [0.29, 0.717) is 46.0 Å². The van der Waals surface area contributed by atoms with Crippen molar-refractivity contribution in [2.45, 2.75) is 13.3 Å². The van der Waals surface area contributed by atoms with Gasteiger partial charge >= 0.3 is 0 Å². The second-order valence-electron chi connectivity index (χ2n) is 7.87. The number of carbonyl (C=O) groups excluding carboxylic acids is 1. The van der Waals surface area contributed by atoms with Gasteiger partial charge in [-0.15, -0.1) is 0 Å². The third-order valence-electron chi connectivity index (χ3n) is 5.60. The molecule has 0 spiro atoms. The number of hydrogen-bond donors (Lipinski definition) is 1. The molecule has 0 radical (unpaired) electrons. The van der Waals surface area contributed by atoms with Crippen LogP contribution in [0, 0.1) is 0 Å². The van der Waals surface area contributed by atoms with E-state index >= 15 is 0 Å². The number of morpholine rings is 1. The maximum atomic E-state index is 12.5. The van der Waals surface area contributed by atoms with Gasteiger partial charge in [-0.2, -0.15) is 0 Å². The fourth-order valence-electron chi connectivity index (χ4n) is 3.78. The van der Waals surface area contributed by atoms with E-state index < -0.39 is 0 Å². The second kappa shape index (κ2) is 13.1. The molecule has 1 aromatic carbocycles. The van der Waals surface area contributed by atoms with Gasteiger partial charge in [-0.25, -0.2) is 0 Å². The first-order chi connectivity index (χ1) is 15.7. The number of carbonyl (C=O) groups is 1. The Kier molecular flexibility index (Phi) is 9.90. The van der Waals surface area contributed by atoms with Crippen LogP contribution in [0.1, 0.15) is 13.3 Å². The largest absolute Gasteiger partial charge is 0.497 e. The van der Waals surface area contributed by atoms with Gasteiger partial charge in [0, 0.05) is 64.8 Å². The SMILES string of the molecule is CCNC(=NCCCOc1cccc(OC)c1)N1CCN(CC(=O)N2CCOCC2)CC1. The lowest BCUT2D eigenvalue weighted by atomic mass is 10.3. The molecular formula is C23H37N5O4. The molecule has 3 rings (SSSR count). The summed E-state index contributed by atoms with van der Waals surface area (Å²) >= 11 is 0. The molecule has 0 aliphatic carbocycles. The van der Waals surface area contributed by atoms with E-state index in [-0.39, 0.29) is 5.91 Å². The molecule has 2 heterocycles. The van der Waals surface area contributed by atoms with Crippen LogP contribution in [0.2, 0.25) is 0 Å². The van der Waals surface area contributed by atoms with Crippen LogP contribution >= 0.6 is 0 Å². The maximum absolute atomic E-state index is 12.5. The molecule has 1 aromatic rings. The third kappa shape index (κ3) is 7.56. The van der Waals surface area contributed by atoms with Gasteiger partial charge < -0.3 is 29.3 Å². The minimum atomic E-state index is 0.207. The van der Waals surface area contributed by atoms with Crippen LogP contribution in [0.5, 0.6) is 11.5 Å². The molecule has 1 amide bonds. The highest BCUT2D eigenvalue weighted by Gasteiger charge is 2.24. The molecule has 178 valence electrons. The summed E-state index contributed by atoms with van der Waals surface area (Å²) in [4.78, 5) is 23.7. The predicted octanol–water partition coefficient (Wildman–Crippen LogP) is 0.906. The molecule has 32 heavy (non-hydrogen) atoms. The lowest BCUT2D eigenvalue weighted by Crippen LogP contribution is -2.55. The number of hydrogen-bond acceptors (Lipinski definition) is 6. The van der Waals surface area contributed by atoms with Crippen molar-refractivity contribution in [1.29, 1.82) is 0 Å². The number of nitrogens with zero attached hydrogens (tertiary/aromatic N) is 4. The van der Waals surface area contributed by atoms with Crippen LogP contribution in [0.25, 0.3) is 0 Å². The summed E-state index contributed by atoms with van der Waals surface area (Å²) in [6.07, 6.45) is 0.833. The number of piperazine rings is 1. The number of nitrogens with one attached hydrogen (secondary N) is 1. The highest BCUT2D eigenvalue weighted by Crippen LogP contribution is 2.18. The summed E-state index contributed by atoms with van der Waals surface area (Å²) in [6.45, 7) is 10.9. The lowest BCUT2D eigenvalue weighted by molar-refractivity contribution is -0.136. The van der Waals surface area contributed by atoms with Crippen LogP contribution < -0.4 is 14.8 Å². The fourth-order valence-corrected chi connectivity index (χ4v) is 3.78. The summed E-state index contributed by atoms with van der Waals surface area (Å²) in [5, 5.41) is 3.39. The van der Waals surface area contributed by atoms with E-state index in [2.05, 4.69) is 22.0 Å². The topological polar surface area (TPSA) is 78.9 Å². The summed E-state index contributed by atoms with van der Waals surface area (Å²) in [6, 6.07) is 7.64. The van der Waals surface area contributed by atoms with E-state index in [1.54, 1.807) is 7.11 Å².